The summed E-state index contributed by atoms with van der Waals surface area (Å²) in [7, 11) is 0. The molecule has 0 unspecified atom stereocenters. The summed E-state index contributed by atoms with van der Waals surface area (Å²) < 4.78 is 6.08. The summed E-state index contributed by atoms with van der Waals surface area (Å²) in [4.78, 5) is 25.9. The van der Waals surface area contributed by atoms with Crippen LogP contribution in [0.25, 0.3) is 6.08 Å². The van der Waals surface area contributed by atoms with Crippen LogP contribution in [-0.4, -0.2) is 27.9 Å². The number of carboxylic acids is 1. The van der Waals surface area contributed by atoms with Gasteiger partial charge in [0, 0.05) is 5.56 Å². The highest BCUT2D eigenvalue weighted by Gasteiger charge is 2.34. The van der Waals surface area contributed by atoms with Crippen LogP contribution in [-0.2, 0) is 4.79 Å². The molecule has 4 rings (SSSR count). The first-order valence-corrected chi connectivity index (χ1v) is 9.29. The van der Waals surface area contributed by atoms with Crippen LogP contribution < -0.4 is 9.64 Å². The normalized spacial score (nSPS) is 17.6. The minimum atomic E-state index is -1.05. The van der Waals surface area contributed by atoms with Gasteiger partial charge in [0.25, 0.3) is 5.91 Å². The number of carbonyl (C=O) groups excluding carboxylic acids is 1. The maximum Gasteiger partial charge on any atom is 0.335 e. The number of rotatable bonds is 3. The average molecular weight is 395 g/mol. The molecule has 2 aliphatic rings. The number of carbonyl (C=O) groups is 2. The summed E-state index contributed by atoms with van der Waals surface area (Å²) in [6.07, 6.45) is 3.76. The Labute approximate surface area is 164 Å². The molecule has 0 saturated carbocycles. The van der Waals surface area contributed by atoms with Crippen molar-refractivity contribution >= 4 is 51.9 Å². The quantitative estimate of drug-likeness (QED) is 0.623. The number of hydrogen-bond acceptors (Lipinski definition) is 5. The van der Waals surface area contributed by atoms with Crippen molar-refractivity contribution in [2.45, 2.75) is 0 Å². The zero-order chi connectivity index (χ0) is 19.0. The van der Waals surface area contributed by atoms with E-state index in [-0.39, 0.29) is 11.5 Å². The average Bonchev–Trinajstić information content (AvgIpc) is 2.95. The summed E-state index contributed by atoms with van der Waals surface area (Å²) >= 11 is 6.54. The second-order valence-corrected chi connectivity index (χ2v) is 7.59. The third kappa shape index (κ3) is 3.39. The fourth-order valence-electron chi connectivity index (χ4n) is 2.85. The topological polar surface area (TPSA) is 66.8 Å². The summed E-state index contributed by atoms with van der Waals surface area (Å²) in [5, 5.41) is 9.16. The summed E-state index contributed by atoms with van der Waals surface area (Å²) in [5.41, 5.74) is 2.37. The van der Waals surface area contributed by atoms with E-state index in [1.165, 1.54) is 28.8 Å². The van der Waals surface area contributed by atoms with Crippen LogP contribution in [0.1, 0.15) is 15.9 Å². The van der Waals surface area contributed by atoms with Gasteiger partial charge in [0.1, 0.15) is 12.4 Å². The monoisotopic (exact) mass is 395 g/mol. The molecule has 2 aromatic rings. The van der Waals surface area contributed by atoms with Gasteiger partial charge < -0.3 is 9.84 Å². The van der Waals surface area contributed by atoms with Gasteiger partial charge in [-0.25, -0.2) is 4.79 Å². The second-order valence-electron chi connectivity index (χ2n) is 5.92. The number of benzene rings is 2. The number of fused-ring (bicyclic) bond motifs is 1. The summed E-state index contributed by atoms with van der Waals surface area (Å²) in [6, 6.07) is 13.9. The van der Waals surface area contributed by atoms with Crippen molar-refractivity contribution in [1.82, 2.24) is 0 Å². The molecular formula is C20H13NO4S2. The lowest BCUT2D eigenvalue weighted by Gasteiger charge is -2.16. The van der Waals surface area contributed by atoms with E-state index >= 15 is 0 Å². The number of hydrogen-bond donors (Lipinski definition) is 1. The zero-order valence-electron chi connectivity index (χ0n) is 13.9. The van der Waals surface area contributed by atoms with E-state index in [0.29, 0.717) is 21.5 Å². The van der Waals surface area contributed by atoms with E-state index in [4.69, 9.17) is 22.1 Å². The number of nitrogens with zero attached hydrogens (tertiary/aromatic N) is 1. The Morgan fingerprint density at radius 1 is 1.22 bits per heavy atom. The van der Waals surface area contributed by atoms with Crippen molar-refractivity contribution in [2.24, 2.45) is 0 Å². The van der Waals surface area contributed by atoms with E-state index in [1.807, 2.05) is 30.3 Å². The molecule has 7 heteroatoms. The first-order chi connectivity index (χ1) is 13.0. The molecule has 2 aliphatic heterocycles. The Kier molecular flexibility index (Phi) is 4.55. The fourth-order valence-corrected chi connectivity index (χ4v) is 4.17. The van der Waals surface area contributed by atoms with Crippen molar-refractivity contribution in [3.05, 3.63) is 76.2 Å². The molecule has 1 N–H and O–H groups in total. The third-order valence-electron chi connectivity index (χ3n) is 4.12. The van der Waals surface area contributed by atoms with Gasteiger partial charge in [0.15, 0.2) is 4.32 Å². The SMILES string of the molecule is O=C(O)c1cccc(N2C(=O)/C(=C/C3=Cc4ccccc4OC3)SC2=S)c1. The molecule has 5 nitrogen and oxygen atoms in total. The van der Waals surface area contributed by atoms with Crippen LogP contribution in [0.3, 0.4) is 0 Å². The molecule has 1 saturated heterocycles. The van der Waals surface area contributed by atoms with Crippen LogP contribution in [0.2, 0.25) is 0 Å². The Bertz CT molecular complexity index is 1040. The number of ether oxygens (including phenoxy) is 1. The van der Waals surface area contributed by atoms with Gasteiger partial charge in [-0.05, 0) is 42.0 Å². The van der Waals surface area contributed by atoms with Gasteiger partial charge in [0.2, 0.25) is 0 Å². The predicted molar refractivity (Wildman–Crippen MR) is 109 cm³/mol. The zero-order valence-corrected chi connectivity index (χ0v) is 15.5. The lowest BCUT2D eigenvalue weighted by molar-refractivity contribution is -0.113. The van der Waals surface area contributed by atoms with E-state index in [0.717, 1.165) is 16.9 Å². The number of thiocarbonyl (C=S) groups is 1. The van der Waals surface area contributed by atoms with Gasteiger partial charge in [-0.1, -0.05) is 48.2 Å². The molecule has 134 valence electrons. The maximum atomic E-state index is 12.9. The maximum absolute atomic E-state index is 12.9. The van der Waals surface area contributed by atoms with Crippen molar-refractivity contribution in [3.63, 3.8) is 0 Å². The predicted octanol–water partition coefficient (Wildman–Crippen LogP) is 4.11. The van der Waals surface area contributed by atoms with Gasteiger partial charge in [-0.3, -0.25) is 9.69 Å². The molecule has 27 heavy (non-hydrogen) atoms. The number of thioether (sulfide) groups is 1. The van der Waals surface area contributed by atoms with Crippen LogP contribution in [0, 0.1) is 0 Å². The number of para-hydroxylation sites is 1. The molecule has 2 heterocycles. The molecule has 0 radical (unpaired) electrons. The van der Waals surface area contributed by atoms with E-state index in [1.54, 1.807) is 18.2 Å². The smallest absolute Gasteiger partial charge is 0.335 e. The molecule has 1 fully saturated rings. The summed E-state index contributed by atoms with van der Waals surface area (Å²) in [6.45, 7) is 0.371. The molecule has 1 amide bonds. The highest BCUT2D eigenvalue weighted by molar-refractivity contribution is 8.27. The van der Waals surface area contributed by atoms with Crippen LogP contribution in [0.4, 0.5) is 5.69 Å². The van der Waals surface area contributed by atoms with Crippen LogP contribution >= 0.6 is 24.0 Å². The van der Waals surface area contributed by atoms with E-state index in [2.05, 4.69) is 0 Å². The molecule has 0 bridgehead atoms. The van der Waals surface area contributed by atoms with E-state index < -0.39 is 5.97 Å². The van der Waals surface area contributed by atoms with Crippen molar-refractivity contribution < 1.29 is 19.4 Å². The number of carboxylic acid groups (broad SMARTS) is 1. The lowest BCUT2D eigenvalue weighted by Crippen LogP contribution is -2.27. The van der Waals surface area contributed by atoms with Crippen molar-refractivity contribution in [1.29, 1.82) is 0 Å². The fraction of sp³-hybridized carbons (Fsp3) is 0.0500. The first-order valence-electron chi connectivity index (χ1n) is 8.06. The molecule has 0 atom stereocenters. The number of aromatic carboxylic acids is 1. The highest BCUT2D eigenvalue weighted by atomic mass is 32.2. The Hall–Kier alpha value is -2.90. The Morgan fingerprint density at radius 3 is 2.85 bits per heavy atom. The van der Waals surface area contributed by atoms with E-state index in [9.17, 15) is 9.59 Å². The Balaban J connectivity index is 1.64. The van der Waals surface area contributed by atoms with Crippen LogP contribution in [0.15, 0.2) is 65.1 Å². The van der Waals surface area contributed by atoms with Crippen LogP contribution in [0.5, 0.6) is 5.75 Å². The lowest BCUT2D eigenvalue weighted by atomic mass is 10.1. The second kappa shape index (κ2) is 7.02. The van der Waals surface area contributed by atoms with Gasteiger partial charge >= 0.3 is 5.97 Å². The molecule has 0 aromatic heterocycles. The third-order valence-corrected chi connectivity index (χ3v) is 5.42. The molecule has 0 aliphatic carbocycles. The van der Waals surface area contributed by atoms with Crippen molar-refractivity contribution in [3.8, 4) is 5.75 Å². The molecular weight excluding hydrogens is 382 g/mol. The number of amides is 1. The Morgan fingerprint density at radius 2 is 2.04 bits per heavy atom. The van der Waals surface area contributed by atoms with Crippen molar-refractivity contribution in [2.75, 3.05) is 11.5 Å². The largest absolute Gasteiger partial charge is 0.488 e. The first kappa shape index (κ1) is 17.5. The standard InChI is InChI=1S/C20H13NO4S2/c22-18-17(9-12-8-13-4-1-2-7-16(13)25-11-12)27-20(26)21(18)15-6-3-5-14(10-15)19(23)24/h1-10H,11H2,(H,23,24)/b17-9-. The molecule has 2 aromatic carbocycles. The summed E-state index contributed by atoms with van der Waals surface area (Å²) in [5.74, 6) is -0.513. The molecule has 0 spiro atoms. The highest BCUT2D eigenvalue weighted by Crippen LogP contribution is 2.36. The number of anilines is 1. The van der Waals surface area contributed by atoms with Gasteiger partial charge in [-0.15, -0.1) is 0 Å². The van der Waals surface area contributed by atoms with Gasteiger partial charge in [-0.2, -0.15) is 0 Å². The van der Waals surface area contributed by atoms with Gasteiger partial charge in [0.05, 0.1) is 16.2 Å². The minimum Gasteiger partial charge on any atom is -0.488 e. The minimum absolute atomic E-state index is 0.102.